The first-order valence-electron chi connectivity index (χ1n) is 11.4. The van der Waals surface area contributed by atoms with Crippen LogP contribution in [0.3, 0.4) is 0 Å². The number of fused-ring (bicyclic) bond motifs is 1. The Morgan fingerprint density at radius 1 is 1.21 bits per heavy atom. The van der Waals surface area contributed by atoms with Gasteiger partial charge in [-0.15, -0.1) is 0 Å². The predicted molar refractivity (Wildman–Crippen MR) is 126 cm³/mol. The summed E-state index contributed by atoms with van der Waals surface area (Å²) in [6, 6.07) is 5.45. The minimum Gasteiger partial charge on any atom is -0.351 e. The lowest BCUT2D eigenvalue weighted by Crippen LogP contribution is -2.50. The average Bonchev–Trinajstić information content (AvgIpc) is 3.28. The molecule has 1 fully saturated rings. The number of amides is 3. The van der Waals surface area contributed by atoms with Crippen molar-refractivity contribution in [2.45, 2.75) is 46.1 Å². The summed E-state index contributed by atoms with van der Waals surface area (Å²) in [5, 5.41) is 8.15. The number of piperidine rings is 1. The van der Waals surface area contributed by atoms with E-state index >= 15 is 0 Å². The highest BCUT2D eigenvalue weighted by molar-refractivity contribution is 6.06. The zero-order valence-corrected chi connectivity index (χ0v) is 19.3. The van der Waals surface area contributed by atoms with Crippen LogP contribution in [0.25, 0.3) is 16.6 Å². The van der Waals surface area contributed by atoms with Crippen LogP contribution in [0.5, 0.6) is 0 Å². The lowest BCUT2D eigenvalue weighted by molar-refractivity contribution is 0.0898. The van der Waals surface area contributed by atoms with Crippen LogP contribution < -0.4 is 11.1 Å². The smallest absolute Gasteiger partial charge is 0.314 e. The van der Waals surface area contributed by atoms with E-state index in [0.717, 1.165) is 19.3 Å². The summed E-state index contributed by atoms with van der Waals surface area (Å²) in [6.07, 6.45) is 7.30. The van der Waals surface area contributed by atoms with Crippen molar-refractivity contribution in [3.8, 4) is 5.69 Å². The summed E-state index contributed by atoms with van der Waals surface area (Å²) >= 11 is 0. The van der Waals surface area contributed by atoms with E-state index in [2.05, 4.69) is 15.4 Å². The zero-order valence-electron chi connectivity index (χ0n) is 19.3. The van der Waals surface area contributed by atoms with Gasteiger partial charge in [-0.1, -0.05) is 20.8 Å². The maximum atomic E-state index is 13.3. The van der Waals surface area contributed by atoms with Crippen LogP contribution in [-0.2, 0) is 0 Å². The molecular formula is C24H31FN6O2. The maximum absolute atomic E-state index is 13.3. The Balaban J connectivity index is 0.00000149. The number of hydrogen-bond donors (Lipinski definition) is 2. The molecule has 33 heavy (non-hydrogen) atoms. The molecule has 1 saturated heterocycles. The van der Waals surface area contributed by atoms with Crippen LogP contribution in [0.2, 0.25) is 0 Å². The van der Waals surface area contributed by atoms with Gasteiger partial charge >= 0.3 is 6.03 Å². The Hall–Kier alpha value is -3.49. The zero-order chi connectivity index (χ0) is 24.0. The van der Waals surface area contributed by atoms with Crippen molar-refractivity contribution in [1.29, 1.82) is 0 Å². The number of nitrogens with two attached hydrogens (primary N) is 1. The van der Waals surface area contributed by atoms with Crippen LogP contribution >= 0.6 is 0 Å². The molecule has 8 nitrogen and oxygen atoms in total. The fourth-order valence-electron chi connectivity index (χ4n) is 4.25. The Bertz CT molecular complexity index is 1100. The van der Waals surface area contributed by atoms with Crippen molar-refractivity contribution in [3.05, 3.63) is 54.2 Å². The molecule has 9 heteroatoms. The topological polar surface area (TPSA) is 106 Å². The minimum atomic E-state index is -0.423. The number of urea groups is 1. The third kappa shape index (κ3) is 5.30. The molecule has 0 radical (unpaired) electrons. The van der Waals surface area contributed by atoms with Crippen molar-refractivity contribution in [3.63, 3.8) is 0 Å². The number of benzene rings is 1. The first kappa shape index (κ1) is 24.2. The largest absolute Gasteiger partial charge is 0.351 e. The van der Waals surface area contributed by atoms with Gasteiger partial charge in [0.05, 0.1) is 29.2 Å². The highest BCUT2D eigenvalue weighted by Gasteiger charge is 2.29. The normalized spacial score (nSPS) is 16.6. The summed E-state index contributed by atoms with van der Waals surface area (Å²) < 4.78 is 14.9. The molecular weight excluding hydrogens is 423 g/mol. The lowest BCUT2D eigenvalue weighted by atomic mass is 9.89. The second-order valence-corrected chi connectivity index (χ2v) is 7.83. The van der Waals surface area contributed by atoms with Gasteiger partial charge in [-0.05, 0) is 49.4 Å². The lowest BCUT2D eigenvalue weighted by Gasteiger charge is -2.36. The number of carbonyl (C=O) groups excluding carboxylic acids is 2. The number of aromatic nitrogens is 3. The monoisotopic (exact) mass is 454 g/mol. The van der Waals surface area contributed by atoms with E-state index in [-0.39, 0.29) is 23.7 Å². The number of likely N-dealkylation sites (tertiary alicyclic amines) is 1. The SMILES string of the molecule is CC.CCC(NC(=O)c1cncc2c1cnn2-c1ccc(F)cc1)C1CCCN(C(N)=O)C1. The number of primary amides is 1. The highest BCUT2D eigenvalue weighted by Crippen LogP contribution is 2.24. The Kier molecular flexibility index (Phi) is 7.97. The fraction of sp³-hybridized carbons (Fsp3) is 0.417. The van der Waals surface area contributed by atoms with Gasteiger partial charge in [0.25, 0.3) is 5.91 Å². The van der Waals surface area contributed by atoms with Gasteiger partial charge in [0.2, 0.25) is 0 Å². The van der Waals surface area contributed by atoms with Crippen molar-refractivity contribution in [2.75, 3.05) is 13.1 Å². The molecule has 3 amide bonds. The van der Waals surface area contributed by atoms with Crippen LogP contribution in [0, 0.1) is 11.7 Å². The van der Waals surface area contributed by atoms with Gasteiger partial charge in [-0.2, -0.15) is 5.10 Å². The molecule has 2 unspecified atom stereocenters. The summed E-state index contributed by atoms with van der Waals surface area (Å²) in [6.45, 7) is 7.21. The van der Waals surface area contributed by atoms with Crippen LogP contribution in [0.15, 0.2) is 42.9 Å². The minimum absolute atomic E-state index is 0.0861. The van der Waals surface area contributed by atoms with Crippen molar-refractivity contribution in [2.24, 2.45) is 11.7 Å². The Morgan fingerprint density at radius 3 is 2.61 bits per heavy atom. The van der Waals surface area contributed by atoms with Crippen LogP contribution in [0.1, 0.15) is 50.4 Å². The van der Waals surface area contributed by atoms with E-state index in [4.69, 9.17) is 5.73 Å². The molecule has 2 atom stereocenters. The number of hydrogen-bond acceptors (Lipinski definition) is 4. The third-order valence-electron chi connectivity index (χ3n) is 5.91. The standard InChI is InChI=1S/C22H25FN6O2.C2H6/c1-2-19(14-4-3-9-28(13-14)22(24)31)27-21(30)18-10-25-12-20-17(18)11-26-29(20)16-7-5-15(23)6-8-16;1-2/h5-8,10-12,14,19H,2-4,9,13H2,1H3,(H2,24,31)(H,27,30);1-2H3. The van der Waals surface area contributed by atoms with E-state index < -0.39 is 6.03 Å². The van der Waals surface area contributed by atoms with Crippen LogP contribution in [-0.4, -0.2) is 50.7 Å². The maximum Gasteiger partial charge on any atom is 0.314 e. The summed E-state index contributed by atoms with van der Waals surface area (Å²) in [7, 11) is 0. The third-order valence-corrected chi connectivity index (χ3v) is 5.91. The molecule has 3 aromatic rings. The molecule has 0 bridgehead atoms. The molecule has 0 spiro atoms. The molecule has 3 heterocycles. The quantitative estimate of drug-likeness (QED) is 0.610. The summed E-state index contributed by atoms with van der Waals surface area (Å²) in [5.74, 6) is -0.425. The number of halogens is 1. The number of pyridine rings is 1. The molecule has 0 aliphatic carbocycles. The van der Waals surface area contributed by atoms with E-state index in [1.165, 1.54) is 18.3 Å². The summed E-state index contributed by atoms with van der Waals surface area (Å²) in [5.41, 5.74) is 7.20. The van der Waals surface area contributed by atoms with E-state index in [9.17, 15) is 14.0 Å². The van der Waals surface area contributed by atoms with Crippen molar-refractivity contribution < 1.29 is 14.0 Å². The van der Waals surface area contributed by atoms with E-state index in [1.54, 1.807) is 34.1 Å². The molecule has 2 aromatic heterocycles. The molecule has 1 aliphatic heterocycles. The molecule has 176 valence electrons. The predicted octanol–water partition coefficient (Wildman–Crippen LogP) is 3.88. The van der Waals surface area contributed by atoms with Gasteiger partial charge in [-0.3, -0.25) is 9.78 Å². The van der Waals surface area contributed by atoms with E-state index in [1.807, 2.05) is 20.8 Å². The first-order chi connectivity index (χ1) is 16.0. The summed E-state index contributed by atoms with van der Waals surface area (Å²) in [4.78, 5) is 30.6. The Labute approximate surface area is 193 Å². The number of rotatable bonds is 5. The highest BCUT2D eigenvalue weighted by atomic mass is 19.1. The molecule has 4 rings (SSSR count). The average molecular weight is 455 g/mol. The number of carbonyl (C=O) groups is 2. The van der Waals surface area contributed by atoms with Crippen molar-refractivity contribution >= 4 is 22.8 Å². The first-order valence-corrected chi connectivity index (χ1v) is 11.4. The van der Waals surface area contributed by atoms with Gasteiger partial charge in [0, 0.05) is 30.7 Å². The number of nitrogens with zero attached hydrogens (tertiary/aromatic N) is 4. The van der Waals surface area contributed by atoms with E-state index in [0.29, 0.717) is 35.2 Å². The van der Waals surface area contributed by atoms with Gasteiger partial charge < -0.3 is 16.0 Å². The second kappa shape index (κ2) is 10.9. The molecule has 1 aliphatic rings. The fourth-order valence-corrected chi connectivity index (χ4v) is 4.25. The molecule has 3 N–H and O–H groups in total. The van der Waals surface area contributed by atoms with Crippen LogP contribution in [0.4, 0.5) is 9.18 Å². The second-order valence-electron chi connectivity index (χ2n) is 7.83. The molecule has 0 saturated carbocycles. The van der Waals surface area contributed by atoms with Gasteiger partial charge in [0.15, 0.2) is 0 Å². The van der Waals surface area contributed by atoms with Crippen molar-refractivity contribution in [1.82, 2.24) is 25.0 Å². The van der Waals surface area contributed by atoms with Gasteiger partial charge in [0.1, 0.15) is 5.82 Å². The Morgan fingerprint density at radius 2 is 1.94 bits per heavy atom. The van der Waals surface area contributed by atoms with Gasteiger partial charge in [-0.25, -0.2) is 13.9 Å². The number of nitrogens with one attached hydrogen (secondary N) is 1. The molecule has 1 aromatic carbocycles.